The molecule has 1 saturated heterocycles. The number of benzene rings is 2. The Morgan fingerprint density at radius 3 is 2.70 bits per heavy atom. The fourth-order valence-electron chi connectivity index (χ4n) is 6.02. The zero-order chi connectivity index (χ0) is 32.2. The number of H-pyrrole nitrogens is 1. The number of carbonyl (C=O) groups excluding carboxylic acids is 1. The number of aryl methyl sites for hydroxylation is 2. The standard InChI is InChI=1S/C34H41N9O3/c1-5-43-21-28(33(40-43)46-4)38-34-37-18-22(2)30(39-34)27-20-35-31-23(9-8-11-25(27)31)17-24(42-15-13-41(3)14-16-42)19-36-32(45)26-10-6-7-12-29(26)44/h6-12,18,20-21,24,35,44H,5,13-17,19H2,1-4H3,(H,36,45)(H,37,38,39)/t24-/m1/s1. The first-order chi connectivity index (χ1) is 22.3. The molecule has 3 aromatic heterocycles. The van der Waals surface area contributed by atoms with Gasteiger partial charge < -0.3 is 30.4 Å². The summed E-state index contributed by atoms with van der Waals surface area (Å²) in [6.45, 7) is 8.96. The fourth-order valence-corrected chi connectivity index (χ4v) is 6.02. The van der Waals surface area contributed by atoms with Crippen LogP contribution in [0, 0.1) is 6.92 Å². The Hall–Kier alpha value is -4.94. The molecule has 0 aliphatic carbocycles. The lowest BCUT2D eigenvalue weighted by molar-refractivity contribution is 0.0884. The summed E-state index contributed by atoms with van der Waals surface area (Å²) in [6, 6.07) is 13.0. The molecule has 4 N–H and O–H groups in total. The number of ether oxygens (including phenoxy) is 1. The molecule has 1 fully saturated rings. The van der Waals surface area contributed by atoms with Crippen LogP contribution in [0.1, 0.15) is 28.4 Å². The van der Waals surface area contributed by atoms with Crippen LogP contribution in [0.3, 0.4) is 0 Å². The van der Waals surface area contributed by atoms with Gasteiger partial charge in [0.1, 0.15) is 11.4 Å². The van der Waals surface area contributed by atoms with E-state index in [4.69, 9.17) is 9.72 Å². The van der Waals surface area contributed by atoms with Gasteiger partial charge in [0, 0.05) is 74.2 Å². The third-order valence-electron chi connectivity index (χ3n) is 8.68. The highest BCUT2D eigenvalue weighted by molar-refractivity contribution is 5.97. The predicted octanol–water partition coefficient (Wildman–Crippen LogP) is 4.20. The quantitative estimate of drug-likeness (QED) is 0.171. The van der Waals surface area contributed by atoms with Crippen LogP contribution in [-0.2, 0) is 13.0 Å². The van der Waals surface area contributed by atoms with Crippen LogP contribution in [0.15, 0.2) is 61.1 Å². The largest absolute Gasteiger partial charge is 0.507 e. The molecule has 12 nitrogen and oxygen atoms in total. The molecule has 2 aromatic carbocycles. The minimum absolute atomic E-state index is 0.0200. The molecule has 4 heterocycles. The van der Waals surface area contributed by atoms with Crippen LogP contribution in [0.5, 0.6) is 11.6 Å². The smallest absolute Gasteiger partial charge is 0.256 e. The summed E-state index contributed by atoms with van der Waals surface area (Å²) in [5.41, 5.74) is 5.95. The maximum Gasteiger partial charge on any atom is 0.256 e. The molecular weight excluding hydrogens is 582 g/mol. The summed E-state index contributed by atoms with van der Waals surface area (Å²) in [6.07, 6.45) is 6.44. The lowest BCUT2D eigenvalue weighted by Gasteiger charge is -2.38. The van der Waals surface area contributed by atoms with Crippen molar-refractivity contribution in [3.8, 4) is 22.9 Å². The van der Waals surface area contributed by atoms with E-state index in [2.05, 4.69) is 60.7 Å². The summed E-state index contributed by atoms with van der Waals surface area (Å²) in [5.74, 6) is 0.639. The van der Waals surface area contributed by atoms with Crippen molar-refractivity contribution in [1.29, 1.82) is 0 Å². The number of para-hydroxylation sites is 2. The first-order valence-corrected chi connectivity index (χ1v) is 15.6. The maximum absolute atomic E-state index is 13.0. The number of nitrogens with one attached hydrogen (secondary N) is 3. The summed E-state index contributed by atoms with van der Waals surface area (Å²) in [4.78, 5) is 30.8. The summed E-state index contributed by atoms with van der Waals surface area (Å²) in [5, 5.41) is 22.1. The Morgan fingerprint density at radius 2 is 1.93 bits per heavy atom. The molecule has 6 rings (SSSR count). The van der Waals surface area contributed by atoms with Crippen molar-refractivity contribution in [3.63, 3.8) is 0 Å². The predicted molar refractivity (Wildman–Crippen MR) is 179 cm³/mol. The number of anilines is 2. The monoisotopic (exact) mass is 623 g/mol. The van der Waals surface area contributed by atoms with Crippen LogP contribution >= 0.6 is 0 Å². The molecule has 1 aliphatic heterocycles. The van der Waals surface area contributed by atoms with E-state index in [9.17, 15) is 9.90 Å². The number of aromatic nitrogens is 5. The molecule has 0 unspecified atom stereocenters. The van der Waals surface area contributed by atoms with Crippen LogP contribution in [0.2, 0.25) is 0 Å². The number of rotatable bonds is 11. The van der Waals surface area contributed by atoms with Gasteiger partial charge in [-0.25, -0.2) is 9.97 Å². The number of aromatic hydroxyl groups is 1. The van der Waals surface area contributed by atoms with Gasteiger partial charge in [0.25, 0.3) is 11.8 Å². The lowest BCUT2D eigenvalue weighted by Crippen LogP contribution is -2.53. The molecule has 0 spiro atoms. The van der Waals surface area contributed by atoms with Crippen LogP contribution in [-0.4, -0.2) is 98.5 Å². The van der Waals surface area contributed by atoms with E-state index in [1.54, 1.807) is 30.0 Å². The van der Waals surface area contributed by atoms with Crippen LogP contribution in [0.25, 0.3) is 22.2 Å². The molecule has 240 valence electrons. The molecule has 5 aromatic rings. The number of likely N-dealkylation sites (N-methyl/N-ethyl adjacent to an activating group) is 1. The third-order valence-corrected chi connectivity index (χ3v) is 8.68. The fraction of sp³-hybridized carbons (Fsp3) is 0.353. The number of fused-ring (bicyclic) bond motifs is 1. The van der Waals surface area contributed by atoms with Gasteiger partial charge in [0.2, 0.25) is 5.95 Å². The van der Waals surface area contributed by atoms with Crippen molar-refractivity contribution in [3.05, 3.63) is 77.7 Å². The van der Waals surface area contributed by atoms with E-state index in [1.165, 1.54) is 6.07 Å². The second-order valence-corrected chi connectivity index (χ2v) is 11.7. The zero-order valence-corrected chi connectivity index (χ0v) is 26.7. The number of phenols is 1. The molecular formula is C34H41N9O3. The molecule has 1 atom stereocenters. The van der Waals surface area contributed by atoms with Gasteiger partial charge in [-0.15, -0.1) is 5.10 Å². The van der Waals surface area contributed by atoms with Crippen LogP contribution in [0.4, 0.5) is 11.6 Å². The van der Waals surface area contributed by atoms with Gasteiger partial charge in [-0.1, -0.05) is 30.3 Å². The van der Waals surface area contributed by atoms with E-state index in [0.29, 0.717) is 30.6 Å². The number of nitrogens with zero attached hydrogens (tertiary/aromatic N) is 6. The van der Waals surface area contributed by atoms with Crippen molar-refractivity contribution < 1.29 is 14.6 Å². The summed E-state index contributed by atoms with van der Waals surface area (Å²) in [7, 11) is 3.73. The van der Waals surface area contributed by atoms with E-state index in [0.717, 1.165) is 65.9 Å². The van der Waals surface area contributed by atoms with E-state index in [-0.39, 0.29) is 23.3 Å². The Kier molecular flexibility index (Phi) is 9.18. The number of aromatic amines is 1. The number of piperazine rings is 1. The van der Waals surface area contributed by atoms with Crippen molar-refractivity contribution in [1.82, 2.24) is 39.8 Å². The van der Waals surface area contributed by atoms with Crippen LogP contribution < -0.4 is 15.4 Å². The SMILES string of the molecule is CCn1cc(Nc2ncc(C)c(-c3c[nH]c4c(C[C@H](CNC(=O)c5ccccc5O)N5CCN(C)CC5)cccc34)n2)c(OC)n1. The Balaban J connectivity index is 1.27. The molecule has 1 aliphatic rings. The van der Waals surface area contributed by atoms with Gasteiger partial charge in [0.05, 0.1) is 24.6 Å². The molecule has 12 heteroatoms. The zero-order valence-electron chi connectivity index (χ0n) is 26.7. The molecule has 0 bridgehead atoms. The number of hydrogen-bond acceptors (Lipinski definition) is 9. The van der Waals surface area contributed by atoms with Gasteiger partial charge >= 0.3 is 0 Å². The van der Waals surface area contributed by atoms with Gasteiger partial charge in [0.15, 0.2) is 0 Å². The van der Waals surface area contributed by atoms with E-state index >= 15 is 0 Å². The first kappa shape index (κ1) is 31.1. The Morgan fingerprint density at radius 1 is 1.13 bits per heavy atom. The Labute approximate surface area is 268 Å². The number of amides is 1. The highest BCUT2D eigenvalue weighted by Gasteiger charge is 2.25. The van der Waals surface area contributed by atoms with Crippen molar-refractivity contribution in [2.75, 3.05) is 52.2 Å². The topological polar surface area (TPSA) is 136 Å². The second kappa shape index (κ2) is 13.6. The van der Waals surface area contributed by atoms with Gasteiger partial charge in [-0.3, -0.25) is 14.4 Å². The maximum atomic E-state index is 13.0. The van der Waals surface area contributed by atoms with Gasteiger partial charge in [-0.2, -0.15) is 0 Å². The second-order valence-electron chi connectivity index (χ2n) is 11.7. The number of phenolic OH excluding ortho intramolecular Hbond substituents is 1. The molecule has 0 saturated carbocycles. The van der Waals surface area contributed by atoms with Gasteiger partial charge in [-0.05, 0) is 50.6 Å². The summed E-state index contributed by atoms with van der Waals surface area (Å²) < 4.78 is 7.24. The Bertz CT molecular complexity index is 1820. The molecule has 46 heavy (non-hydrogen) atoms. The van der Waals surface area contributed by atoms with E-state index < -0.39 is 0 Å². The normalized spacial score (nSPS) is 14.8. The lowest BCUT2D eigenvalue weighted by atomic mass is 9.99. The average Bonchev–Trinajstić information content (AvgIpc) is 3.68. The van der Waals surface area contributed by atoms with Crippen molar-refractivity contribution in [2.45, 2.75) is 32.9 Å². The first-order valence-electron chi connectivity index (χ1n) is 15.6. The number of methoxy groups -OCH3 is 1. The molecule has 0 radical (unpaired) electrons. The average molecular weight is 624 g/mol. The minimum Gasteiger partial charge on any atom is -0.507 e. The highest BCUT2D eigenvalue weighted by atomic mass is 16.5. The number of carbonyl (C=O) groups is 1. The van der Waals surface area contributed by atoms with Crippen molar-refractivity contribution >= 4 is 28.4 Å². The van der Waals surface area contributed by atoms with E-state index in [1.807, 2.05) is 32.4 Å². The highest BCUT2D eigenvalue weighted by Crippen LogP contribution is 2.33. The van der Waals surface area contributed by atoms with Crippen molar-refractivity contribution in [2.24, 2.45) is 0 Å². The minimum atomic E-state index is -0.277. The summed E-state index contributed by atoms with van der Waals surface area (Å²) >= 11 is 0. The number of hydrogen-bond donors (Lipinski definition) is 4. The molecule has 1 amide bonds. The third kappa shape index (κ3) is 6.53.